The maximum atomic E-state index is 12.7. The summed E-state index contributed by atoms with van der Waals surface area (Å²) in [6.45, 7) is 8.47. The van der Waals surface area contributed by atoms with E-state index >= 15 is 0 Å². The largest absolute Gasteiger partial charge is 0.443 e. The van der Waals surface area contributed by atoms with Crippen LogP contribution in [-0.4, -0.2) is 33.3 Å². The highest BCUT2D eigenvalue weighted by Crippen LogP contribution is 2.32. The fraction of sp³-hybridized carbons (Fsp3) is 0.444. The van der Waals surface area contributed by atoms with Crippen molar-refractivity contribution >= 4 is 22.7 Å². The van der Waals surface area contributed by atoms with Crippen LogP contribution in [0.2, 0.25) is 0 Å². The normalized spacial score (nSPS) is 18.9. The molecule has 23 heavy (non-hydrogen) atoms. The molecule has 0 saturated carbocycles. The maximum absolute atomic E-state index is 12.7. The minimum Gasteiger partial charge on any atom is -0.443 e. The Balaban J connectivity index is 2.01. The highest BCUT2D eigenvalue weighted by atomic mass is 16.6. The lowest BCUT2D eigenvalue weighted by Crippen LogP contribution is -2.39. The Bertz CT molecular complexity index is 755. The number of fused-ring (bicyclic) bond motifs is 1. The fourth-order valence-electron chi connectivity index (χ4n) is 2.84. The molecule has 0 aliphatic carbocycles. The van der Waals surface area contributed by atoms with Gasteiger partial charge in [0.05, 0.1) is 17.4 Å². The Morgan fingerprint density at radius 2 is 2.17 bits per heavy atom. The van der Waals surface area contributed by atoms with E-state index in [1.54, 1.807) is 11.1 Å². The van der Waals surface area contributed by atoms with Crippen molar-refractivity contribution in [3.8, 4) is 0 Å². The number of aromatic nitrogens is 2. The zero-order chi connectivity index (χ0) is 16.6. The van der Waals surface area contributed by atoms with Crippen LogP contribution in [0.5, 0.6) is 0 Å². The van der Waals surface area contributed by atoms with E-state index in [-0.39, 0.29) is 6.09 Å². The number of ether oxygens (including phenoxy) is 1. The molecule has 5 nitrogen and oxygen atoms in total. The third-order valence-electron chi connectivity index (χ3n) is 3.87. The minimum atomic E-state index is -0.509. The van der Waals surface area contributed by atoms with Crippen molar-refractivity contribution in [3.63, 3.8) is 0 Å². The highest BCUT2D eigenvalue weighted by Gasteiger charge is 2.30. The molecular formula is C18H23N3O2. The average molecular weight is 313 g/mol. The Morgan fingerprint density at radius 3 is 2.91 bits per heavy atom. The number of nitrogens with one attached hydrogen (secondary N) is 1. The van der Waals surface area contributed by atoms with Gasteiger partial charge in [0, 0.05) is 17.5 Å². The van der Waals surface area contributed by atoms with Crippen LogP contribution in [0.15, 0.2) is 30.5 Å². The monoisotopic (exact) mass is 313 g/mol. The molecule has 3 rings (SSSR count). The van der Waals surface area contributed by atoms with Crippen molar-refractivity contribution in [1.82, 2.24) is 15.1 Å². The van der Waals surface area contributed by atoms with Crippen LogP contribution in [0.3, 0.4) is 0 Å². The molecule has 0 bridgehead atoms. The van der Waals surface area contributed by atoms with Crippen LogP contribution in [0, 0.1) is 5.92 Å². The second-order valence-corrected chi connectivity index (χ2v) is 7.16. The molecule has 2 heterocycles. The topological polar surface area (TPSA) is 58.2 Å². The van der Waals surface area contributed by atoms with Crippen LogP contribution >= 0.6 is 0 Å². The summed E-state index contributed by atoms with van der Waals surface area (Å²) < 4.78 is 5.59. The van der Waals surface area contributed by atoms with Gasteiger partial charge in [-0.25, -0.2) is 4.79 Å². The van der Waals surface area contributed by atoms with Gasteiger partial charge < -0.3 is 4.74 Å². The van der Waals surface area contributed by atoms with Gasteiger partial charge in [-0.2, -0.15) is 5.10 Å². The van der Waals surface area contributed by atoms with Crippen LogP contribution in [0.1, 0.15) is 39.7 Å². The summed E-state index contributed by atoms with van der Waals surface area (Å²) in [4.78, 5) is 14.4. The van der Waals surface area contributed by atoms with Crippen molar-refractivity contribution < 1.29 is 9.53 Å². The van der Waals surface area contributed by atoms with Crippen molar-refractivity contribution in [1.29, 1.82) is 0 Å². The van der Waals surface area contributed by atoms with E-state index in [4.69, 9.17) is 4.74 Å². The van der Waals surface area contributed by atoms with Gasteiger partial charge in [0.25, 0.3) is 0 Å². The van der Waals surface area contributed by atoms with Gasteiger partial charge in [0.1, 0.15) is 5.60 Å². The van der Waals surface area contributed by atoms with Crippen LogP contribution < -0.4 is 0 Å². The molecule has 0 saturated heterocycles. The predicted octanol–water partition coefficient (Wildman–Crippen LogP) is 4.18. The first-order valence-electron chi connectivity index (χ1n) is 7.98. The molecular weight excluding hydrogens is 290 g/mol. The molecule has 1 atom stereocenters. The SMILES string of the molecule is CC1CC=C(c2cccc3[nH]ncc23)N(C(=O)OC(C)(C)C)C1. The lowest BCUT2D eigenvalue weighted by Gasteiger charge is -2.34. The van der Waals surface area contributed by atoms with Gasteiger partial charge in [-0.15, -0.1) is 0 Å². The zero-order valence-electron chi connectivity index (χ0n) is 14.1. The van der Waals surface area contributed by atoms with Crippen molar-refractivity contribution in [2.45, 2.75) is 39.7 Å². The third kappa shape index (κ3) is 3.23. The number of nitrogens with zero attached hydrogens (tertiary/aromatic N) is 2. The Kier molecular flexibility index (Phi) is 3.88. The van der Waals surface area contributed by atoms with Gasteiger partial charge in [-0.05, 0) is 39.2 Å². The fourth-order valence-corrected chi connectivity index (χ4v) is 2.84. The minimum absolute atomic E-state index is 0.296. The molecule has 1 aromatic carbocycles. The Hall–Kier alpha value is -2.30. The van der Waals surface area contributed by atoms with E-state index in [9.17, 15) is 4.79 Å². The first-order valence-corrected chi connectivity index (χ1v) is 7.98. The molecule has 1 aromatic heterocycles. The third-order valence-corrected chi connectivity index (χ3v) is 3.87. The number of amides is 1. The summed E-state index contributed by atoms with van der Waals surface area (Å²) in [5.74, 6) is 0.412. The molecule has 0 spiro atoms. The van der Waals surface area contributed by atoms with E-state index in [0.717, 1.165) is 28.6 Å². The van der Waals surface area contributed by atoms with Crippen LogP contribution in [-0.2, 0) is 4.74 Å². The van der Waals surface area contributed by atoms with E-state index in [2.05, 4.69) is 23.2 Å². The van der Waals surface area contributed by atoms with Crippen LogP contribution in [0.4, 0.5) is 4.79 Å². The number of hydrogen-bond donors (Lipinski definition) is 1. The number of carbonyl (C=O) groups is 1. The second kappa shape index (κ2) is 5.72. The predicted molar refractivity (Wildman–Crippen MR) is 90.8 cm³/mol. The van der Waals surface area contributed by atoms with E-state index < -0.39 is 5.60 Å². The summed E-state index contributed by atoms with van der Waals surface area (Å²) in [5, 5.41) is 8.11. The standard InChI is InChI=1S/C18H23N3O2/c1-12-8-9-16(21(11-12)17(22)23-18(2,3)4)13-6-5-7-15-14(13)10-19-20-15/h5-7,9-10,12H,8,11H2,1-4H3,(H,19,20). The summed E-state index contributed by atoms with van der Waals surface area (Å²) >= 11 is 0. The van der Waals surface area contributed by atoms with Gasteiger partial charge in [0.15, 0.2) is 0 Å². The second-order valence-electron chi connectivity index (χ2n) is 7.16. The average Bonchev–Trinajstić information content (AvgIpc) is 2.94. The molecule has 1 amide bonds. The number of H-pyrrole nitrogens is 1. The Morgan fingerprint density at radius 1 is 1.39 bits per heavy atom. The van der Waals surface area contributed by atoms with Crippen molar-refractivity contribution in [3.05, 3.63) is 36.0 Å². The summed E-state index contributed by atoms with van der Waals surface area (Å²) in [5.41, 5.74) is 2.37. The molecule has 0 radical (unpaired) electrons. The number of carbonyl (C=O) groups excluding carboxylic acids is 1. The molecule has 1 unspecified atom stereocenters. The first-order chi connectivity index (χ1) is 10.8. The van der Waals surface area contributed by atoms with Gasteiger partial charge >= 0.3 is 6.09 Å². The molecule has 5 heteroatoms. The molecule has 1 aliphatic heterocycles. The van der Waals surface area contributed by atoms with Gasteiger partial charge in [-0.1, -0.05) is 25.1 Å². The Labute approximate surface area is 136 Å². The summed E-state index contributed by atoms with van der Waals surface area (Å²) in [6, 6.07) is 5.98. The molecule has 0 fully saturated rings. The van der Waals surface area contributed by atoms with E-state index in [1.165, 1.54) is 0 Å². The molecule has 1 N–H and O–H groups in total. The highest BCUT2D eigenvalue weighted by molar-refractivity contribution is 5.94. The lowest BCUT2D eigenvalue weighted by molar-refractivity contribution is 0.0327. The lowest BCUT2D eigenvalue weighted by atomic mass is 9.97. The number of aromatic amines is 1. The number of allylic oxidation sites excluding steroid dienone is 1. The maximum Gasteiger partial charge on any atom is 0.414 e. The number of hydrogen-bond acceptors (Lipinski definition) is 3. The number of benzene rings is 1. The van der Waals surface area contributed by atoms with E-state index in [1.807, 2.05) is 39.0 Å². The molecule has 1 aliphatic rings. The summed E-state index contributed by atoms with van der Waals surface area (Å²) in [6.07, 6.45) is 4.58. The van der Waals surface area contributed by atoms with E-state index in [0.29, 0.717) is 12.5 Å². The smallest absolute Gasteiger partial charge is 0.414 e. The molecule has 2 aromatic rings. The van der Waals surface area contributed by atoms with Crippen molar-refractivity contribution in [2.75, 3.05) is 6.54 Å². The summed E-state index contributed by atoms with van der Waals surface area (Å²) in [7, 11) is 0. The van der Waals surface area contributed by atoms with Crippen molar-refractivity contribution in [2.24, 2.45) is 5.92 Å². The number of rotatable bonds is 1. The first kappa shape index (κ1) is 15.6. The van der Waals surface area contributed by atoms with Gasteiger partial charge in [-0.3, -0.25) is 10.00 Å². The molecule has 122 valence electrons. The van der Waals surface area contributed by atoms with Gasteiger partial charge in [0.2, 0.25) is 0 Å². The quantitative estimate of drug-likeness (QED) is 0.859. The van der Waals surface area contributed by atoms with Crippen LogP contribution in [0.25, 0.3) is 16.6 Å². The zero-order valence-corrected chi connectivity index (χ0v) is 14.1.